The normalized spacial score (nSPS) is 14.5. The molecule has 6 heteroatoms. The number of carbonyl (C=O) groups is 1. The van der Waals surface area contributed by atoms with Gasteiger partial charge in [0.25, 0.3) is 0 Å². The summed E-state index contributed by atoms with van der Waals surface area (Å²) in [5, 5.41) is 0. The van der Waals surface area contributed by atoms with Crippen LogP contribution < -0.4 is 0 Å². The molecule has 0 bridgehead atoms. The van der Waals surface area contributed by atoms with Crippen molar-refractivity contribution < 1.29 is 23.1 Å². The minimum Gasteiger partial charge on any atom is -0.458 e. The Morgan fingerprint density at radius 2 is 2.00 bits per heavy atom. The zero-order chi connectivity index (χ0) is 13.4. The van der Waals surface area contributed by atoms with Crippen molar-refractivity contribution in [3.63, 3.8) is 0 Å². The zero-order valence-electron chi connectivity index (χ0n) is 11.1. The van der Waals surface area contributed by atoms with Gasteiger partial charge in [-0.05, 0) is 27.7 Å². The lowest BCUT2D eigenvalue weighted by Crippen LogP contribution is -2.41. The molecule has 0 aromatic rings. The van der Waals surface area contributed by atoms with Crippen LogP contribution in [0.5, 0.6) is 0 Å². The molecule has 0 amide bonds. The highest BCUT2D eigenvalue weighted by Crippen LogP contribution is 2.07. The molecule has 2 unspecified atom stereocenters. The van der Waals surface area contributed by atoms with E-state index in [-0.39, 0.29) is 6.29 Å². The minimum atomic E-state index is -1.72. The molecule has 2 atom stereocenters. The van der Waals surface area contributed by atoms with Crippen LogP contribution in [0.15, 0.2) is 12.2 Å². The van der Waals surface area contributed by atoms with Gasteiger partial charge in [-0.25, -0.2) is 4.79 Å². The van der Waals surface area contributed by atoms with Crippen LogP contribution in [-0.2, 0) is 23.1 Å². The van der Waals surface area contributed by atoms with Gasteiger partial charge in [0.05, 0.1) is 0 Å². The van der Waals surface area contributed by atoms with Gasteiger partial charge in [0, 0.05) is 19.3 Å². The first-order chi connectivity index (χ1) is 7.92. The summed E-state index contributed by atoms with van der Waals surface area (Å²) in [6.45, 7) is 11.0. The van der Waals surface area contributed by atoms with Crippen molar-refractivity contribution in [2.24, 2.45) is 0 Å². The number of carbonyl (C=O) groups excluding carboxylic acids is 1. The number of ether oxygens (including phenoxy) is 2. The summed E-state index contributed by atoms with van der Waals surface area (Å²) in [6, 6.07) is 0. The molecule has 0 aliphatic heterocycles. The Hall–Kier alpha value is -0.693. The van der Waals surface area contributed by atoms with E-state index < -0.39 is 21.0 Å². The molecule has 0 saturated carbocycles. The fourth-order valence-electron chi connectivity index (χ4n) is 0.910. The van der Waals surface area contributed by atoms with Crippen LogP contribution in [0.3, 0.4) is 0 Å². The summed E-state index contributed by atoms with van der Waals surface area (Å²) in [5.74, 6) is -0.437. The van der Waals surface area contributed by atoms with E-state index >= 15 is 0 Å². The Balaban J connectivity index is 4.37. The predicted octanol–water partition coefficient (Wildman–Crippen LogP) is 1.57. The van der Waals surface area contributed by atoms with Gasteiger partial charge in [0.15, 0.2) is 0 Å². The second-order valence-electron chi connectivity index (χ2n) is 3.50. The molecule has 0 fully saturated rings. The molecular weight excluding hydrogens is 240 g/mol. The molecule has 0 spiro atoms. The SMILES string of the molecule is C=C(C)C(=O)OC(C)[Si](OCC)OC(C)OC. The van der Waals surface area contributed by atoms with Gasteiger partial charge in [-0.2, -0.15) is 0 Å². The van der Waals surface area contributed by atoms with Gasteiger partial charge in [-0.1, -0.05) is 6.58 Å². The van der Waals surface area contributed by atoms with Gasteiger partial charge >= 0.3 is 15.3 Å². The number of esters is 1. The van der Waals surface area contributed by atoms with Gasteiger partial charge in [0.2, 0.25) is 0 Å². The van der Waals surface area contributed by atoms with E-state index in [0.29, 0.717) is 12.2 Å². The number of hydrogen-bond donors (Lipinski definition) is 0. The molecule has 17 heavy (non-hydrogen) atoms. The maximum Gasteiger partial charge on any atom is 0.431 e. The van der Waals surface area contributed by atoms with Crippen LogP contribution in [0.25, 0.3) is 0 Å². The van der Waals surface area contributed by atoms with Crippen molar-refractivity contribution in [3.8, 4) is 0 Å². The van der Waals surface area contributed by atoms with Crippen molar-refractivity contribution in [2.75, 3.05) is 13.7 Å². The van der Waals surface area contributed by atoms with Crippen molar-refractivity contribution >= 4 is 15.3 Å². The number of hydrogen-bond acceptors (Lipinski definition) is 5. The Morgan fingerprint density at radius 1 is 1.41 bits per heavy atom. The maximum absolute atomic E-state index is 11.4. The number of rotatable bonds is 8. The first-order valence-electron chi connectivity index (χ1n) is 5.47. The standard InChI is InChI=1S/C11H21O5Si/c1-7-14-17(16-9(4)13-6)10(5)15-11(12)8(2)3/h9-10H,2,7H2,1,3-6H3. The minimum absolute atomic E-state index is 0.356. The zero-order valence-corrected chi connectivity index (χ0v) is 12.1. The van der Waals surface area contributed by atoms with E-state index in [0.717, 1.165) is 0 Å². The van der Waals surface area contributed by atoms with Crippen molar-refractivity contribution in [1.29, 1.82) is 0 Å². The van der Waals surface area contributed by atoms with Gasteiger partial charge in [-0.3, -0.25) is 0 Å². The molecular formula is C11H21O5Si. The fourth-order valence-corrected chi connectivity index (χ4v) is 2.32. The highest BCUT2D eigenvalue weighted by Gasteiger charge is 2.30. The van der Waals surface area contributed by atoms with Crippen LogP contribution in [0.1, 0.15) is 27.7 Å². The molecule has 0 aliphatic rings. The summed E-state index contributed by atoms with van der Waals surface area (Å²) < 4.78 is 21.2. The van der Waals surface area contributed by atoms with Crippen LogP contribution in [-0.4, -0.2) is 41.0 Å². The summed E-state index contributed by atoms with van der Waals surface area (Å²) in [7, 11) is -0.179. The molecule has 5 nitrogen and oxygen atoms in total. The maximum atomic E-state index is 11.4. The fraction of sp³-hybridized carbons (Fsp3) is 0.727. The van der Waals surface area contributed by atoms with Gasteiger partial charge in [-0.15, -0.1) is 0 Å². The molecule has 0 saturated heterocycles. The second-order valence-corrected chi connectivity index (χ2v) is 5.48. The Labute approximate surface area is 105 Å². The average Bonchev–Trinajstić information content (AvgIpc) is 2.27. The highest BCUT2D eigenvalue weighted by atomic mass is 28.3. The summed E-state index contributed by atoms with van der Waals surface area (Å²) >= 11 is 0. The van der Waals surface area contributed by atoms with Crippen molar-refractivity contribution in [1.82, 2.24) is 0 Å². The monoisotopic (exact) mass is 261 g/mol. The van der Waals surface area contributed by atoms with Gasteiger partial charge in [0.1, 0.15) is 12.0 Å². The van der Waals surface area contributed by atoms with E-state index in [9.17, 15) is 4.79 Å². The molecule has 1 radical (unpaired) electrons. The van der Waals surface area contributed by atoms with E-state index in [1.54, 1.807) is 27.9 Å². The third-order valence-corrected chi connectivity index (χ3v) is 3.78. The van der Waals surface area contributed by atoms with Crippen LogP contribution in [0, 0.1) is 0 Å². The third kappa shape index (κ3) is 6.57. The van der Waals surface area contributed by atoms with Crippen LogP contribution >= 0.6 is 0 Å². The molecule has 0 heterocycles. The Kier molecular flexibility index (Phi) is 8.06. The number of methoxy groups -OCH3 is 1. The van der Waals surface area contributed by atoms with E-state index in [1.165, 1.54) is 0 Å². The molecule has 0 N–H and O–H groups in total. The topological polar surface area (TPSA) is 54.0 Å². The second kappa shape index (κ2) is 8.41. The van der Waals surface area contributed by atoms with Crippen molar-refractivity contribution in [3.05, 3.63) is 12.2 Å². The average molecular weight is 261 g/mol. The highest BCUT2D eigenvalue weighted by molar-refractivity contribution is 6.46. The first kappa shape index (κ1) is 16.3. The summed E-state index contributed by atoms with van der Waals surface area (Å²) in [6.07, 6.45) is -0.388. The van der Waals surface area contributed by atoms with Crippen LogP contribution in [0.2, 0.25) is 0 Å². The molecule has 99 valence electrons. The lowest BCUT2D eigenvalue weighted by Gasteiger charge is -2.23. The quantitative estimate of drug-likeness (QED) is 0.287. The van der Waals surface area contributed by atoms with Gasteiger partial charge < -0.3 is 18.3 Å². The van der Waals surface area contributed by atoms with E-state index in [2.05, 4.69) is 6.58 Å². The Bertz CT molecular complexity index is 256. The first-order valence-corrected chi connectivity index (χ1v) is 6.87. The smallest absolute Gasteiger partial charge is 0.431 e. The lowest BCUT2D eigenvalue weighted by molar-refractivity contribution is -0.142. The van der Waals surface area contributed by atoms with E-state index in [1.807, 2.05) is 6.92 Å². The van der Waals surface area contributed by atoms with Crippen LogP contribution in [0.4, 0.5) is 0 Å². The molecule has 0 rings (SSSR count). The molecule has 0 aromatic carbocycles. The predicted molar refractivity (Wildman–Crippen MR) is 65.3 cm³/mol. The summed E-state index contributed by atoms with van der Waals surface area (Å²) in [5.41, 5.74) is -0.0729. The lowest BCUT2D eigenvalue weighted by atomic mass is 10.4. The molecule has 0 aliphatic carbocycles. The molecule has 0 aromatic heterocycles. The third-order valence-electron chi connectivity index (χ3n) is 1.86. The summed E-state index contributed by atoms with van der Waals surface area (Å²) in [4.78, 5) is 11.4. The Morgan fingerprint density at radius 3 is 2.41 bits per heavy atom. The largest absolute Gasteiger partial charge is 0.458 e. The van der Waals surface area contributed by atoms with E-state index in [4.69, 9.17) is 18.3 Å². The van der Waals surface area contributed by atoms with Crippen molar-refractivity contribution in [2.45, 2.75) is 39.7 Å².